The van der Waals surface area contributed by atoms with Crippen molar-refractivity contribution in [2.45, 2.75) is 89.5 Å². The molecule has 7 nitrogen and oxygen atoms in total. The van der Waals surface area contributed by atoms with E-state index in [1.165, 1.54) is 12.1 Å². The van der Waals surface area contributed by atoms with E-state index in [1.807, 2.05) is 30.0 Å². The van der Waals surface area contributed by atoms with Gasteiger partial charge in [-0.05, 0) is 87.3 Å². The lowest BCUT2D eigenvalue weighted by Crippen LogP contribution is -2.51. The fraction of sp³-hybridized carbons (Fsp3) is 0.559. The highest BCUT2D eigenvalue weighted by molar-refractivity contribution is 6.31. The molecular weight excluding hydrogens is 605 g/mol. The van der Waals surface area contributed by atoms with Crippen LogP contribution in [-0.4, -0.2) is 71.8 Å². The minimum absolute atomic E-state index is 0.0364. The summed E-state index contributed by atoms with van der Waals surface area (Å²) in [5.41, 5.74) is 1.58. The van der Waals surface area contributed by atoms with Crippen LogP contribution in [0.2, 0.25) is 5.02 Å². The highest BCUT2D eigenvalue weighted by atomic mass is 35.5. The van der Waals surface area contributed by atoms with Gasteiger partial charge < -0.3 is 15.1 Å². The quantitative estimate of drug-likeness (QED) is 0.363. The molecule has 3 fully saturated rings. The van der Waals surface area contributed by atoms with Crippen LogP contribution in [0.1, 0.15) is 68.6 Å². The Kier molecular flexibility index (Phi) is 10.4. The fourth-order valence-electron chi connectivity index (χ4n) is 7.22. The van der Waals surface area contributed by atoms with Crippen LogP contribution in [0.15, 0.2) is 42.5 Å². The van der Waals surface area contributed by atoms with E-state index in [4.69, 9.17) is 11.6 Å². The average Bonchev–Trinajstić information content (AvgIpc) is 3.23. The van der Waals surface area contributed by atoms with Gasteiger partial charge in [-0.25, -0.2) is 0 Å². The summed E-state index contributed by atoms with van der Waals surface area (Å²) in [5.74, 6) is -0.192. The maximum atomic E-state index is 13.8. The summed E-state index contributed by atoms with van der Waals surface area (Å²) in [6, 6.07) is 11.2. The molecule has 3 amide bonds. The van der Waals surface area contributed by atoms with E-state index in [0.29, 0.717) is 55.1 Å². The molecule has 1 N–H and O–H groups in total. The minimum Gasteiger partial charge on any atom is -0.353 e. The first-order valence-electron chi connectivity index (χ1n) is 15.9. The number of benzene rings is 2. The number of piperidine rings is 2. The number of fused-ring (bicyclic) bond motifs is 2. The summed E-state index contributed by atoms with van der Waals surface area (Å²) in [4.78, 5) is 44.5. The molecule has 2 unspecified atom stereocenters. The molecule has 3 saturated heterocycles. The molecule has 2 aromatic carbocycles. The summed E-state index contributed by atoms with van der Waals surface area (Å²) in [5, 5.41) is 3.75. The highest BCUT2D eigenvalue weighted by Crippen LogP contribution is 2.36. The van der Waals surface area contributed by atoms with Gasteiger partial charge >= 0.3 is 6.18 Å². The predicted octanol–water partition coefficient (Wildman–Crippen LogP) is 6.00. The van der Waals surface area contributed by atoms with Gasteiger partial charge in [-0.3, -0.25) is 19.3 Å². The molecule has 2 aromatic rings. The van der Waals surface area contributed by atoms with Gasteiger partial charge in [-0.1, -0.05) is 29.8 Å². The van der Waals surface area contributed by atoms with Crippen molar-refractivity contribution >= 4 is 35.0 Å². The topological polar surface area (TPSA) is 73.0 Å². The third-order valence-electron chi connectivity index (χ3n) is 9.72. The molecule has 2 bridgehead atoms. The molecule has 11 heteroatoms. The number of carbonyl (C=O) groups excluding carboxylic acids is 3. The van der Waals surface area contributed by atoms with Gasteiger partial charge in [0.2, 0.25) is 17.7 Å². The number of hydrogen-bond acceptors (Lipinski definition) is 4. The Morgan fingerprint density at radius 2 is 1.62 bits per heavy atom. The largest absolute Gasteiger partial charge is 0.416 e. The molecule has 5 rings (SSSR count). The summed E-state index contributed by atoms with van der Waals surface area (Å²) < 4.78 is 38.6. The van der Waals surface area contributed by atoms with Crippen LogP contribution in [0.4, 0.5) is 18.9 Å². The Labute approximate surface area is 268 Å². The first kappa shape index (κ1) is 33.3. The van der Waals surface area contributed by atoms with Crippen molar-refractivity contribution in [3.8, 4) is 0 Å². The molecule has 244 valence electrons. The van der Waals surface area contributed by atoms with Crippen LogP contribution < -0.4 is 10.2 Å². The number of carbonyl (C=O) groups is 3. The van der Waals surface area contributed by atoms with Gasteiger partial charge in [-0.15, -0.1) is 0 Å². The average molecular weight is 647 g/mol. The molecule has 3 heterocycles. The molecule has 0 radical (unpaired) electrons. The van der Waals surface area contributed by atoms with Crippen molar-refractivity contribution in [2.75, 3.05) is 31.1 Å². The van der Waals surface area contributed by atoms with E-state index in [1.54, 1.807) is 11.8 Å². The zero-order chi connectivity index (χ0) is 32.3. The van der Waals surface area contributed by atoms with Gasteiger partial charge in [0.05, 0.1) is 12.0 Å². The van der Waals surface area contributed by atoms with E-state index in [2.05, 4.69) is 10.2 Å². The summed E-state index contributed by atoms with van der Waals surface area (Å²) >= 11 is 6.46. The third kappa shape index (κ3) is 8.19. The number of nitrogens with one attached hydrogen (secondary N) is 1. The summed E-state index contributed by atoms with van der Waals surface area (Å²) in [7, 11) is 0. The van der Waals surface area contributed by atoms with Gasteiger partial charge in [0.25, 0.3) is 0 Å². The van der Waals surface area contributed by atoms with Crippen molar-refractivity contribution in [1.82, 2.24) is 15.1 Å². The van der Waals surface area contributed by atoms with Crippen molar-refractivity contribution in [3.63, 3.8) is 0 Å². The van der Waals surface area contributed by atoms with Crippen LogP contribution in [0.5, 0.6) is 0 Å². The second-order valence-corrected chi connectivity index (χ2v) is 13.2. The molecule has 0 saturated carbocycles. The fourth-order valence-corrected chi connectivity index (χ4v) is 7.40. The minimum atomic E-state index is -4.40. The number of amides is 3. The maximum absolute atomic E-state index is 13.8. The van der Waals surface area contributed by atoms with E-state index in [-0.39, 0.29) is 36.1 Å². The molecule has 45 heavy (non-hydrogen) atoms. The highest BCUT2D eigenvalue weighted by Gasteiger charge is 2.41. The van der Waals surface area contributed by atoms with Crippen molar-refractivity contribution in [3.05, 3.63) is 64.2 Å². The number of halogens is 4. The van der Waals surface area contributed by atoms with Crippen LogP contribution >= 0.6 is 11.6 Å². The first-order chi connectivity index (χ1) is 21.4. The summed E-state index contributed by atoms with van der Waals surface area (Å²) in [6.45, 7) is 6.09. The Balaban J connectivity index is 1.15. The Morgan fingerprint density at radius 1 is 0.978 bits per heavy atom. The van der Waals surface area contributed by atoms with Crippen LogP contribution in [0, 0.1) is 12.8 Å². The summed E-state index contributed by atoms with van der Waals surface area (Å²) in [6.07, 6.45) is 1.52. The Bertz CT molecular complexity index is 1360. The van der Waals surface area contributed by atoms with Crippen molar-refractivity contribution in [1.29, 1.82) is 0 Å². The van der Waals surface area contributed by atoms with Crippen molar-refractivity contribution in [2.24, 2.45) is 5.92 Å². The number of rotatable bonds is 9. The standard InChI is InChI=1S/C34H42ClF3N4O3/c1-22-4-9-30(21-31(22)35)42(33(45)25-12-16-40(17-13-25)23(2)43)15-3-14-41-28-10-11-29(41)20-27(19-28)39-32(44)18-24-5-7-26(8-6-24)34(36,37)38/h4-9,21,25,27-29H,3,10-20H2,1-2H3,(H,39,44). The molecule has 0 aliphatic carbocycles. The lowest BCUT2D eigenvalue weighted by Gasteiger charge is -2.40. The number of aryl methyl sites for hydroxylation is 1. The first-order valence-corrected chi connectivity index (χ1v) is 16.3. The zero-order valence-electron chi connectivity index (χ0n) is 25.9. The number of anilines is 1. The number of hydrogen-bond donors (Lipinski definition) is 1. The van der Waals surface area contributed by atoms with Crippen LogP contribution in [0.25, 0.3) is 0 Å². The van der Waals surface area contributed by atoms with E-state index >= 15 is 0 Å². The lowest BCUT2D eigenvalue weighted by atomic mass is 9.94. The molecule has 3 aliphatic heterocycles. The molecule has 0 aromatic heterocycles. The van der Waals surface area contributed by atoms with Crippen LogP contribution in [-0.2, 0) is 27.0 Å². The number of alkyl halides is 3. The van der Waals surface area contributed by atoms with Gasteiger partial charge in [0.1, 0.15) is 0 Å². The van der Waals surface area contributed by atoms with Crippen molar-refractivity contribution < 1.29 is 27.6 Å². The van der Waals surface area contributed by atoms with E-state index in [9.17, 15) is 27.6 Å². The molecule has 2 atom stereocenters. The van der Waals surface area contributed by atoms with Gasteiger partial charge in [0.15, 0.2) is 0 Å². The number of likely N-dealkylation sites (tertiary alicyclic amines) is 1. The SMILES string of the molecule is CC(=O)N1CCC(C(=O)N(CCCN2C3CCC2CC(NC(=O)Cc2ccc(C(F)(F)F)cc2)C3)c2ccc(C)c(Cl)c2)CC1. The second-order valence-electron chi connectivity index (χ2n) is 12.8. The second kappa shape index (κ2) is 14.1. The Morgan fingerprint density at radius 3 is 2.20 bits per heavy atom. The maximum Gasteiger partial charge on any atom is 0.416 e. The number of nitrogens with zero attached hydrogens (tertiary/aromatic N) is 3. The van der Waals surface area contributed by atoms with Crippen LogP contribution in [0.3, 0.4) is 0 Å². The monoisotopic (exact) mass is 646 g/mol. The molecule has 0 spiro atoms. The van der Waals surface area contributed by atoms with Gasteiger partial charge in [-0.2, -0.15) is 13.2 Å². The zero-order valence-corrected chi connectivity index (χ0v) is 26.7. The Hall–Kier alpha value is -3.11. The molecular formula is C34H42ClF3N4O3. The van der Waals surface area contributed by atoms with E-state index in [0.717, 1.165) is 62.0 Å². The normalized spacial score (nSPS) is 22.4. The molecule has 3 aliphatic rings. The third-order valence-corrected chi connectivity index (χ3v) is 10.1. The van der Waals surface area contributed by atoms with E-state index < -0.39 is 11.7 Å². The predicted molar refractivity (Wildman–Crippen MR) is 168 cm³/mol. The smallest absolute Gasteiger partial charge is 0.353 e. The lowest BCUT2D eigenvalue weighted by molar-refractivity contribution is -0.137. The van der Waals surface area contributed by atoms with Gasteiger partial charge in [0, 0.05) is 67.9 Å².